The molecular weight excluding hydrogens is 276 g/mol. The summed E-state index contributed by atoms with van der Waals surface area (Å²) in [7, 11) is 0. The van der Waals surface area contributed by atoms with E-state index in [1.807, 2.05) is 11.8 Å². The van der Waals surface area contributed by atoms with Gasteiger partial charge in [-0.15, -0.1) is 0 Å². The number of hydrogen-bond acceptors (Lipinski definition) is 5. The Morgan fingerprint density at radius 3 is 2.75 bits per heavy atom. The van der Waals surface area contributed by atoms with Gasteiger partial charge in [-0.05, 0) is 37.7 Å². The van der Waals surface area contributed by atoms with Gasteiger partial charge in [-0.1, -0.05) is 0 Å². The summed E-state index contributed by atoms with van der Waals surface area (Å²) in [5.41, 5.74) is 0.0875. The summed E-state index contributed by atoms with van der Waals surface area (Å²) in [5.74, 6) is 0.672. The molecule has 5 nitrogen and oxygen atoms in total. The van der Waals surface area contributed by atoms with Gasteiger partial charge in [0.2, 0.25) is 0 Å². The molecule has 0 aromatic heterocycles. The molecule has 20 heavy (non-hydrogen) atoms. The Labute approximate surface area is 123 Å². The second kappa shape index (κ2) is 7.50. The highest BCUT2D eigenvalue weighted by Gasteiger charge is 2.22. The predicted octanol–water partition coefficient (Wildman–Crippen LogP) is 2.85. The molecule has 0 spiro atoms. The number of non-ortho nitro benzene ring substituents is 1. The van der Waals surface area contributed by atoms with Crippen molar-refractivity contribution in [1.82, 2.24) is 5.32 Å². The lowest BCUT2D eigenvalue weighted by atomic mass is 10.2. The topological polar surface area (TPSA) is 64.4 Å². The van der Waals surface area contributed by atoms with Gasteiger partial charge >= 0.3 is 0 Å². The first kappa shape index (κ1) is 15.1. The van der Waals surface area contributed by atoms with Crippen LogP contribution in [0.15, 0.2) is 24.3 Å². The lowest BCUT2D eigenvalue weighted by Gasteiger charge is -2.13. The molecule has 1 aliphatic carbocycles. The van der Waals surface area contributed by atoms with Crippen molar-refractivity contribution in [3.63, 3.8) is 0 Å². The zero-order valence-corrected chi connectivity index (χ0v) is 12.4. The zero-order chi connectivity index (χ0) is 14.4. The molecule has 0 radical (unpaired) electrons. The van der Waals surface area contributed by atoms with Crippen LogP contribution >= 0.6 is 11.8 Å². The molecule has 2 atom stereocenters. The molecule has 1 fully saturated rings. The van der Waals surface area contributed by atoms with Gasteiger partial charge in [0.1, 0.15) is 12.4 Å². The van der Waals surface area contributed by atoms with Crippen molar-refractivity contribution in [3.8, 4) is 5.75 Å². The fourth-order valence-corrected chi connectivity index (χ4v) is 3.23. The standard InChI is InChI=1S/C14H20N2O3S/c1-20-14-7-2-11(10-14)15-8-9-19-13-5-3-12(4-6-13)16(17)18/h3-6,11,14-15H,2,7-10H2,1H3. The van der Waals surface area contributed by atoms with E-state index in [-0.39, 0.29) is 5.69 Å². The molecule has 1 aromatic rings. The number of nitrogens with zero attached hydrogens (tertiary/aromatic N) is 1. The van der Waals surface area contributed by atoms with Crippen LogP contribution in [-0.4, -0.2) is 35.6 Å². The van der Waals surface area contributed by atoms with Crippen molar-refractivity contribution >= 4 is 17.4 Å². The minimum atomic E-state index is -0.409. The van der Waals surface area contributed by atoms with Gasteiger partial charge in [0, 0.05) is 30.0 Å². The number of nitrogens with one attached hydrogen (secondary N) is 1. The van der Waals surface area contributed by atoms with Crippen molar-refractivity contribution < 1.29 is 9.66 Å². The van der Waals surface area contributed by atoms with Crippen LogP contribution in [0.5, 0.6) is 5.75 Å². The maximum Gasteiger partial charge on any atom is 0.269 e. The molecule has 0 saturated heterocycles. The van der Waals surface area contributed by atoms with Crippen LogP contribution in [0.2, 0.25) is 0 Å². The maximum absolute atomic E-state index is 10.5. The quantitative estimate of drug-likeness (QED) is 0.476. The first-order chi connectivity index (χ1) is 9.69. The monoisotopic (exact) mass is 296 g/mol. The highest BCUT2D eigenvalue weighted by atomic mass is 32.2. The van der Waals surface area contributed by atoms with Crippen molar-refractivity contribution in [2.24, 2.45) is 0 Å². The molecule has 1 saturated carbocycles. The summed E-state index contributed by atoms with van der Waals surface area (Å²) >= 11 is 1.95. The number of benzene rings is 1. The Morgan fingerprint density at radius 2 is 2.15 bits per heavy atom. The second-order valence-corrected chi connectivity index (χ2v) is 6.06. The van der Waals surface area contributed by atoms with Crippen LogP contribution in [0.1, 0.15) is 19.3 Å². The van der Waals surface area contributed by atoms with Crippen LogP contribution < -0.4 is 10.1 Å². The first-order valence-electron chi connectivity index (χ1n) is 6.82. The average molecular weight is 296 g/mol. The smallest absolute Gasteiger partial charge is 0.269 e. The number of nitro benzene ring substituents is 1. The average Bonchev–Trinajstić information content (AvgIpc) is 2.92. The van der Waals surface area contributed by atoms with Crippen LogP contribution in [0, 0.1) is 10.1 Å². The van der Waals surface area contributed by atoms with Gasteiger partial charge in [0.25, 0.3) is 5.69 Å². The van der Waals surface area contributed by atoms with Crippen molar-refractivity contribution in [2.75, 3.05) is 19.4 Å². The Kier molecular flexibility index (Phi) is 5.67. The van der Waals surface area contributed by atoms with E-state index < -0.39 is 4.92 Å². The highest BCUT2D eigenvalue weighted by molar-refractivity contribution is 7.99. The number of rotatable bonds is 7. The Balaban J connectivity index is 1.65. The molecule has 0 aliphatic heterocycles. The molecule has 110 valence electrons. The fraction of sp³-hybridized carbons (Fsp3) is 0.571. The third kappa shape index (κ3) is 4.38. The Bertz CT molecular complexity index is 439. The molecular formula is C14H20N2O3S. The van der Waals surface area contributed by atoms with E-state index in [0.29, 0.717) is 18.4 Å². The second-order valence-electron chi connectivity index (χ2n) is 4.92. The van der Waals surface area contributed by atoms with Crippen LogP contribution in [0.25, 0.3) is 0 Å². The van der Waals surface area contributed by atoms with Gasteiger partial charge < -0.3 is 10.1 Å². The third-order valence-corrected chi connectivity index (χ3v) is 4.66. The molecule has 1 aromatic carbocycles. The lowest BCUT2D eigenvalue weighted by Crippen LogP contribution is -2.30. The van der Waals surface area contributed by atoms with Gasteiger partial charge in [-0.3, -0.25) is 10.1 Å². The summed E-state index contributed by atoms with van der Waals surface area (Å²) < 4.78 is 5.56. The summed E-state index contributed by atoms with van der Waals surface area (Å²) in [6.45, 7) is 1.39. The molecule has 2 rings (SSSR count). The van der Waals surface area contributed by atoms with E-state index in [4.69, 9.17) is 4.74 Å². The number of hydrogen-bond donors (Lipinski definition) is 1. The summed E-state index contributed by atoms with van der Waals surface area (Å²) in [5, 5.41) is 14.8. The van der Waals surface area contributed by atoms with Gasteiger partial charge in [0.15, 0.2) is 0 Å². The van der Waals surface area contributed by atoms with Crippen LogP contribution in [0.3, 0.4) is 0 Å². The van der Waals surface area contributed by atoms with Crippen molar-refractivity contribution in [1.29, 1.82) is 0 Å². The molecule has 1 N–H and O–H groups in total. The molecule has 0 heterocycles. The molecule has 1 aliphatic rings. The van der Waals surface area contributed by atoms with Crippen molar-refractivity contribution in [2.45, 2.75) is 30.6 Å². The zero-order valence-electron chi connectivity index (χ0n) is 11.6. The van der Waals surface area contributed by atoms with Gasteiger partial charge in [-0.25, -0.2) is 0 Å². The molecule has 0 bridgehead atoms. The summed E-state index contributed by atoms with van der Waals surface area (Å²) in [6.07, 6.45) is 5.94. The third-order valence-electron chi connectivity index (χ3n) is 3.57. The molecule has 2 unspecified atom stereocenters. The normalized spacial score (nSPS) is 21.9. The number of thioether (sulfide) groups is 1. The van der Waals surface area contributed by atoms with E-state index in [2.05, 4.69) is 11.6 Å². The SMILES string of the molecule is CSC1CCC(NCCOc2ccc([N+](=O)[O-])cc2)C1. The largest absolute Gasteiger partial charge is 0.492 e. The van der Waals surface area contributed by atoms with E-state index >= 15 is 0 Å². The fourth-order valence-electron chi connectivity index (χ4n) is 2.44. The van der Waals surface area contributed by atoms with Crippen LogP contribution in [0.4, 0.5) is 5.69 Å². The minimum Gasteiger partial charge on any atom is -0.492 e. The minimum absolute atomic E-state index is 0.0875. The number of nitro groups is 1. The number of ether oxygens (including phenoxy) is 1. The Hall–Kier alpha value is -1.27. The van der Waals surface area contributed by atoms with Crippen LogP contribution in [-0.2, 0) is 0 Å². The van der Waals surface area contributed by atoms with E-state index in [0.717, 1.165) is 11.8 Å². The maximum atomic E-state index is 10.5. The van der Waals surface area contributed by atoms with Gasteiger partial charge in [0.05, 0.1) is 4.92 Å². The van der Waals surface area contributed by atoms with E-state index in [9.17, 15) is 10.1 Å². The summed E-state index contributed by atoms with van der Waals surface area (Å²) in [4.78, 5) is 10.1. The highest BCUT2D eigenvalue weighted by Crippen LogP contribution is 2.27. The molecule has 6 heteroatoms. The van der Waals surface area contributed by atoms with E-state index in [1.54, 1.807) is 12.1 Å². The van der Waals surface area contributed by atoms with E-state index in [1.165, 1.54) is 31.4 Å². The summed E-state index contributed by atoms with van der Waals surface area (Å²) in [6, 6.07) is 6.80. The predicted molar refractivity (Wildman–Crippen MR) is 81.5 cm³/mol. The van der Waals surface area contributed by atoms with Crippen molar-refractivity contribution in [3.05, 3.63) is 34.4 Å². The Morgan fingerprint density at radius 1 is 1.40 bits per heavy atom. The lowest BCUT2D eigenvalue weighted by molar-refractivity contribution is -0.384. The van der Waals surface area contributed by atoms with Gasteiger partial charge in [-0.2, -0.15) is 11.8 Å². The first-order valence-corrected chi connectivity index (χ1v) is 8.11. The molecule has 0 amide bonds.